The third-order valence-corrected chi connectivity index (χ3v) is 3.73. The highest BCUT2D eigenvalue weighted by molar-refractivity contribution is 9.10. The van der Waals surface area contributed by atoms with Gasteiger partial charge < -0.3 is 15.2 Å². The second kappa shape index (κ2) is 3.21. The molecule has 0 aromatic heterocycles. The van der Waals surface area contributed by atoms with Crippen LogP contribution in [0.1, 0.15) is 28.8 Å². The first-order valence-electron chi connectivity index (χ1n) is 5.02. The second-order valence-corrected chi connectivity index (χ2v) is 5.01. The average molecular weight is 284 g/mol. The fourth-order valence-corrected chi connectivity index (χ4v) is 2.44. The lowest BCUT2D eigenvalue weighted by atomic mass is 10.0. The van der Waals surface area contributed by atoms with Crippen LogP contribution < -0.4 is 15.2 Å². The number of fused-ring (bicyclic) bond motifs is 1. The van der Waals surface area contributed by atoms with Crippen molar-refractivity contribution in [3.8, 4) is 11.5 Å². The molecule has 0 bridgehead atoms. The standard InChI is InChI=1S/C11H10BrNO3/c12-8-3-7(11(13)1-2-11)10-9(6(8)4-14)15-5-16-10/h3-4H,1-2,5,13H2. The van der Waals surface area contributed by atoms with Gasteiger partial charge in [-0.3, -0.25) is 4.79 Å². The van der Waals surface area contributed by atoms with E-state index >= 15 is 0 Å². The first kappa shape index (κ1) is 10.1. The van der Waals surface area contributed by atoms with Crippen LogP contribution in [0.5, 0.6) is 11.5 Å². The monoisotopic (exact) mass is 283 g/mol. The molecule has 1 aromatic carbocycles. The van der Waals surface area contributed by atoms with Crippen molar-refractivity contribution in [2.45, 2.75) is 18.4 Å². The van der Waals surface area contributed by atoms with Crippen molar-refractivity contribution in [3.05, 3.63) is 21.7 Å². The number of benzene rings is 1. The Kier molecular flexibility index (Phi) is 2.03. The molecular formula is C11H10BrNO3. The number of carbonyl (C=O) groups is 1. The summed E-state index contributed by atoms with van der Waals surface area (Å²) in [5, 5.41) is 0. The maximum Gasteiger partial charge on any atom is 0.231 e. The quantitative estimate of drug-likeness (QED) is 0.843. The van der Waals surface area contributed by atoms with E-state index in [4.69, 9.17) is 15.2 Å². The van der Waals surface area contributed by atoms with Crippen molar-refractivity contribution in [1.29, 1.82) is 0 Å². The molecule has 0 saturated heterocycles. The Bertz CT molecular complexity index is 483. The SMILES string of the molecule is NC1(c2cc(Br)c(C=O)c3c2OCO3)CC1. The number of nitrogens with two attached hydrogens (primary N) is 1. The van der Waals surface area contributed by atoms with Crippen LogP contribution in [0.25, 0.3) is 0 Å². The van der Waals surface area contributed by atoms with Gasteiger partial charge in [0.15, 0.2) is 17.8 Å². The van der Waals surface area contributed by atoms with Crippen LogP contribution in [0.4, 0.5) is 0 Å². The topological polar surface area (TPSA) is 61.6 Å². The summed E-state index contributed by atoms with van der Waals surface area (Å²) in [5.74, 6) is 1.14. The summed E-state index contributed by atoms with van der Waals surface area (Å²) < 4.78 is 11.4. The maximum atomic E-state index is 11.0. The van der Waals surface area contributed by atoms with Crippen LogP contribution in [-0.4, -0.2) is 13.1 Å². The molecule has 1 fully saturated rings. The maximum absolute atomic E-state index is 11.0. The average Bonchev–Trinajstić information content (AvgIpc) is 2.83. The number of rotatable bonds is 2. The fraction of sp³-hybridized carbons (Fsp3) is 0.364. The van der Waals surface area contributed by atoms with Gasteiger partial charge in [-0.15, -0.1) is 0 Å². The van der Waals surface area contributed by atoms with Crippen molar-refractivity contribution < 1.29 is 14.3 Å². The van der Waals surface area contributed by atoms with Gasteiger partial charge in [-0.05, 0) is 34.8 Å². The molecule has 5 heteroatoms. The Morgan fingerprint density at radius 1 is 1.38 bits per heavy atom. The molecule has 0 amide bonds. The van der Waals surface area contributed by atoms with Crippen LogP contribution in [-0.2, 0) is 5.54 Å². The predicted octanol–water partition coefficient (Wildman–Crippen LogP) is 1.94. The van der Waals surface area contributed by atoms with Crippen LogP contribution >= 0.6 is 15.9 Å². The number of ether oxygens (including phenoxy) is 2. The molecule has 16 heavy (non-hydrogen) atoms. The van der Waals surface area contributed by atoms with Crippen LogP contribution in [0.3, 0.4) is 0 Å². The Morgan fingerprint density at radius 2 is 2.06 bits per heavy atom. The minimum atomic E-state index is -0.304. The smallest absolute Gasteiger partial charge is 0.231 e. The van der Waals surface area contributed by atoms with E-state index in [1.165, 1.54) is 0 Å². The highest BCUT2D eigenvalue weighted by Crippen LogP contribution is 2.52. The van der Waals surface area contributed by atoms with E-state index in [0.29, 0.717) is 21.5 Å². The highest BCUT2D eigenvalue weighted by Gasteiger charge is 2.44. The summed E-state index contributed by atoms with van der Waals surface area (Å²) in [4.78, 5) is 11.0. The molecule has 4 nitrogen and oxygen atoms in total. The summed E-state index contributed by atoms with van der Waals surface area (Å²) in [6.07, 6.45) is 2.64. The minimum Gasteiger partial charge on any atom is -0.453 e. The molecular weight excluding hydrogens is 274 g/mol. The third-order valence-electron chi connectivity index (χ3n) is 3.07. The van der Waals surface area contributed by atoms with Gasteiger partial charge in [-0.1, -0.05) is 0 Å². The molecule has 2 N–H and O–H groups in total. The molecule has 0 spiro atoms. The summed E-state index contributed by atoms with van der Waals surface area (Å²) in [7, 11) is 0. The van der Waals surface area contributed by atoms with E-state index in [2.05, 4.69) is 15.9 Å². The lowest BCUT2D eigenvalue weighted by Gasteiger charge is -2.14. The predicted molar refractivity (Wildman–Crippen MR) is 60.8 cm³/mol. The summed E-state index contributed by atoms with van der Waals surface area (Å²) in [6.45, 7) is 0.149. The van der Waals surface area contributed by atoms with Crippen LogP contribution in [0, 0.1) is 0 Å². The zero-order chi connectivity index (χ0) is 11.3. The van der Waals surface area contributed by atoms with Gasteiger partial charge in [0.2, 0.25) is 6.79 Å². The number of aldehydes is 1. The Balaban J connectivity index is 2.25. The van der Waals surface area contributed by atoms with Crippen molar-refractivity contribution >= 4 is 22.2 Å². The largest absolute Gasteiger partial charge is 0.453 e. The molecule has 84 valence electrons. The molecule has 0 atom stereocenters. The van der Waals surface area contributed by atoms with Gasteiger partial charge in [0.1, 0.15) is 0 Å². The molecule has 1 aliphatic carbocycles. The molecule has 0 radical (unpaired) electrons. The summed E-state index contributed by atoms with van der Waals surface area (Å²) >= 11 is 3.36. The molecule has 1 heterocycles. The summed E-state index contributed by atoms with van der Waals surface area (Å²) in [5.41, 5.74) is 7.27. The number of carbonyl (C=O) groups excluding carboxylic acids is 1. The molecule has 1 aliphatic heterocycles. The fourth-order valence-electron chi connectivity index (χ4n) is 1.94. The zero-order valence-electron chi connectivity index (χ0n) is 8.46. The van der Waals surface area contributed by atoms with E-state index < -0.39 is 0 Å². The van der Waals surface area contributed by atoms with Gasteiger partial charge in [0.25, 0.3) is 0 Å². The molecule has 0 unspecified atom stereocenters. The molecule has 1 saturated carbocycles. The first-order chi connectivity index (χ1) is 7.65. The first-order valence-corrected chi connectivity index (χ1v) is 5.82. The normalized spacial score (nSPS) is 19.6. The Morgan fingerprint density at radius 3 is 2.69 bits per heavy atom. The van der Waals surface area contributed by atoms with Crippen molar-refractivity contribution in [3.63, 3.8) is 0 Å². The Hall–Kier alpha value is -1.07. The van der Waals surface area contributed by atoms with Gasteiger partial charge >= 0.3 is 0 Å². The van der Waals surface area contributed by atoms with Crippen LogP contribution in [0.2, 0.25) is 0 Å². The Labute approximate surface area is 101 Å². The number of halogens is 1. The highest BCUT2D eigenvalue weighted by atomic mass is 79.9. The van der Waals surface area contributed by atoms with Gasteiger partial charge in [-0.2, -0.15) is 0 Å². The molecule has 2 aliphatic rings. The van der Waals surface area contributed by atoms with Crippen molar-refractivity contribution in [2.75, 3.05) is 6.79 Å². The van der Waals surface area contributed by atoms with Crippen LogP contribution in [0.15, 0.2) is 10.5 Å². The lowest BCUT2D eigenvalue weighted by molar-refractivity contribution is 0.111. The molecule has 1 aromatic rings. The van der Waals surface area contributed by atoms with Gasteiger partial charge in [0, 0.05) is 15.6 Å². The van der Waals surface area contributed by atoms with E-state index in [1.807, 2.05) is 6.07 Å². The number of hydrogen-bond acceptors (Lipinski definition) is 4. The van der Waals surface area contributed by atoms with E-state index in [9.17, 15) is 4.79 Å². The van der Waals surface area contributed by atoms with Gasteiger partial charge in [-0.25, -0.2) is 0 Å². The molecule has 3 rings (SSSR count). The second-order valence-electron chi connectivity index (χ2n) is 4.16. The zero-order valence-corrected chi connectivity index (χ0v) is 10.0. The summed E-state index contributed by atoms with van der Waals surface area (Å²) in [6, 6.07) is 1.87. The third kappa shape index (κ3) is 1.28. The minimum absolute atomic E-state index is 0.149. The van der Waals surface area contributed by atoms with E-state index in [1.54, 1.807) is 0 Å². The number of hydrogen-bond donors (Lipinski definition) is 1. The van der Waals surface area contributed by atoms with Crippen molar-refractivity contribution in [1.82, 2.24) is 0 Å². The van der Waals surface area contributed by atoms with Crippen molar-refractivity contribution in [2.24, 2.45) is 5.73 Å². The van der Waals surface area contributed by atoms with Gasteiger partial charge in [0.05, 0.1) is 5.56 Å². The van der Waals surface area contributed by atoms with E-state index in [-0.39, 0.29) is 12.3 Å². The lowest BCUT2D eigenvalue weighted by Crippen LogP contribution is -2.19. The van der Waals surface area contributed by atoms with E-state index in [0.717, 1.165) is 24.7 Å².